The lowest BCUT2D eigenvalue weighted by Gasteiger charge is -2.14. The van der Waals surface area contributed by atoms with E-state index in [4.69, 9.17) is 10.5 Å². The van der Waals surface area contributed by atoms with Crippen molar-refractivity contribution in [2.24, 2.45) is 5.73 Å². The van der Waals surface area contributed by atoms with E-state index in [1.165, 1.54) is 12.1 Å². The summed E-state index contributed by atoms with van der Waals surface area (Å²) in [5.41, 5.74) is 6.67. The van der Waals surface area contributed by atoms with Crippen LogP contribution < -0.4 is 10.5 Å². The molecule has 0 saturated carbocycles. The first-order valence-electron chi connectivity index (χ1n) is 5.90. The van der Waals surface area contributed by atoms with Gasteiger partial charge in [0.05, 0.1) is 6.61 Å². The van der Waals surface area contributed by atoms with Gasteiger partial charge in [0, 0.05) is 17.7 Å². The number of nitrogens with two attached hydrogens (primary N) is 1. The van der Waals surface area contributed by atoms with Gasteiger partial charge in [-0.15, -0.1) is 0 Å². The molecule has 0 aliphatic carbocycles. The van der Waals surface area contributed by atoms with E-state index in [0.717, 1.165) is 23.5 Å². The van der Waals surface area contributed by atoms with Crippen LogP contribution in [0.3, 0.4) is 0 Å². The average molecular weight is 257 g/mol. The van der Waals surface area contributed by atoms with Gasteiger partial charge in [0.15, 0.2) is 0 Å². The molecule has 1 rings (SSSR count). The predicted molar refractivity (Wildman–Crippen MR) is 72.1 cm³/mol. The SMILES string of the molecule is CCSCCCOc1cc(F)ccc1[C@@H](C)N. The summed E-state index contributed by atoms with van der Waals surface area (Å²) < 4.78 is 18.7. The van der Waals surface area contributed by atoms with E-state index >= 15 is 0 Å². The Labute approximate surface area is 107 Å². The number of hydrogen-bond donors (Lipinski definition) is 1. The molecular formula is C13H20FNOS. The van der Waals surface area contributed by atoms with E-state index < -0.39 is 0 Å². The zero-order valence-electron chi connectivity index (χ0n) is 10.4. The first-order chi connectivity index (χ1) is 8.15. The number of benzene rings is 1. The summed E-state index contributed by atoms with van der Waals surface area (Å²) in [4.78, 5) is 0. The number of rotatable bonds is 7. The summed E-state index contributed by atoms with van der Waals surface area (Å²) in [6.07, 6.45) is 0.966. The van der Waals surface area contributed by atoms with Crippen molar-refractivity contribution in [3.63, 3.8) is 0 Å². The molecule has 0 heterocycles. The minimum atomic E-state index is -0.285. The Morgan fingerprint density at radius 3 is 2.88 bits per heavy atom. The second-order valence-corrected chi connectivity index (χ2v) is 5.26. The molecule has 0 aliphatic rings. The van der Waals surface area contributed by atoms with Crippen molar-refractivity contribution in [2.45, 2.75) is 26.3 Å². The Morgan fingerprint density at radius 2 is 2.24 bits per heavy atom. The predicted octanol–water partition coefficient (Wildman–Crippen LogP) is 3.37. The molecule has 4 heteroatoms. The summed E-state index contributed by atoms with van der Waals surface area (Å²) in [6.45, 7) is 4.61. The molecule has 0 unspecified atom stereocenters. The van der Waals surface area contributed by atoms with Crippen LogP contribution >= 0.6 is 11.8 Å². The van der Waals surface area contributed by atoms with Gasteiger partial charge in [0.1, 0.15) is 11.6 Å². The van der Waals surface area contributed by atoms with Crippen LogP contribution in [-0.2, 0) is 0 Å². The molecule has 0 amide bonds. The molecule has 0 bridgehead atoms. The van der Waals surface area contributed by atoms with E-state index in [-0.39, 0.29) is 11.9 Å². The first-order valence-corrected chi connectivity index (χ1v) is 7.06. The summed E-state index contributed by atoms with van der Waals surface area (Å²) in [7, 11) is 0. The van der Waals surface area contributed by atoms with Crippen molar-refractivity contribution in [2.75, 3.05) is 18.1 Å². The lowest BCUT2D eigenvalue weighted by Crippen LogP contribution is -2.09. The molecule has 17 heavy (non-hydrogen) atoms. The summed E-state index contributed by atoms with van der Waals surface area (Å²) in [5.74, 6) is 2.47. The highest BCUT2D eigenvalue weighted by Crippen LogP contribution is 2.25. The molecule has 0 aliphatic heterocycles. The molecular weight excluding hydrogens is 237 g/mol. The fraction of sp³-hybridized carbons (Fsp3) is 0.538. The van der Waals surface area contributed by atoms with Gasteiger partial charge in [-0.25, -0.2) is 4.39 Å². The maximum absolute atomic E-state index is 13.1. The quantitative estimate of drug-likeness (QED) is 0.761. The van der Waals surface area contributed by atoms with E-state index in [9.17, 15) is 4.39 Å². The largest absolute Gasteiger partial charge is 0.493 e. The number of hydrogen-bond acceptors (Lipinski definition) is 3. The third-order valence-corrected chi connectivity index (χ3v) is 3.35. The summed E-state index contributed by atoms with van der Waals surface area (Å²) >= 11 is 1.88. The zero-order valence-corrected chi connectivity index (χ0v) is 11.2. The number of thioether (sulfide) groups is 1. The molecule has 0 radical (unpaired) electrons. The maximum Gasteiger partial charge on any atom is 0.126 e. The smallest absolute Gasteiger partial charge is 0.126 e. The highest BCUT2D eigenvalue weighted by Gasteiger charge is 2.09. The first kappa shape index (κ1) is 14.3. The molecule has 1 aromatic rings. The molecule has 0 aromatic heterocycles. The van der Waals surface area contributed by atoms with Crippen molar-refractivity contribution >= 4 is 11.8 Å². The van der Waals surface area contributed by atoms with E-state index in [1.807, 2.05) is 18.7 Å². The van der Waals surface area contributed by atoms with Crippen LogP contribution in [0.4, 0.5) is 4.39 Å². The van der Waals surface area contributed by atoms with Gasteiger partial charge >= 0.3 is 0 Å². The van der Waals surface area contributed by atoms with Crippen LogP contribution in [0.15, 0.2) is 18.2 Å². The maximum atomic E-state index is 13.1. The van der Waals surface area contributed by atoms with Gasteiger partial charge in [-0.3, -0.25) is 0 Å². The monoisotopic (exact) mass is 257 g/mol. The van der Waals surface area contributed by atoms with Gasteiger partial charge in [-0.05, 0) is 30.9 Å². The van der Waals surface area contributed by atoms with Crippen molar-refractivity contribution in [1.82, 2.24) is 0 Å². The highest BCUT2D eigenvalue weighted by atomic mass is 32.2. The second kappa shape index (κ2) is 7.56. The topological polar surface area (TPSA) is 35.2 Å². The normalized spacial score (nSPS) is 12.5. The molecule has 2 nitrogen and oxygen atoms in total. The molecule has 0 saturated heterocycles. The lowest BCUT2D eigenvalue weighted by molar-refractivity contribution is 0.312. The van der Waals surface area contributed by atoms with Gasteiger partial charge in [0.2, 0.25) is 0 Å². The van der Waals surface area contributed by atoms with Crippen molar-refractivity contribution < 1.29 is 9.13 Å². The van der Waals surface area contributed by atoms with Crippen LogP contribution in [0, 0.1) is 5.82 Å². The molecule has 0 fully saturated rings. The Hall–Kier alpha value is -0.740. The fourth-order valence-electron chi connectivity index (χ4n) is 1.50. The van der Waals surface area contributed by atoms with Gasteiger partial charge in [-0.2, -0.15) is 11.8 Å². The van der Waals surface area contributed by atoms with E-state index in [1.54, 1.807) is 6.07 Å². The minimum Gasteiger partial charge on any atom is -0.493 e. The second-order valence-electron chi connectivity index (χ2n) is 3.87. The highest BCUT2D eigenvalue weighted by molar-refractivity contribution is 7.99. The fourth-order valence-corrected chi connectivity index (χ4v) is 2.11. The van der Waals surface area contributed by atoms with Crippen LogP contribution in [0.25, 0.3) is 0 Å². The van der Waals surface area contributed by atoms with Gasteiger partial charge < -0.3 is 10.5 Å². The Morgan fingerprint density at radius 1 is 1.47 bits per heavy atom. The van der Waals surface area contributed by atoms with Crippen molar-refractivity contribution in [1.29, 1.82) is 0 Å². The average Bonchev–Trinajstić information content (AvgIpc) is 2.28. The van der Waals surface area contributed by atoms with Crippen molar-refractivity contribution in [3.8, 4) is 5.75 Å². The zero-order chi connectivity index (χ0) is 12.7. The number of ether oxygens (including phenoxy) is 1. The molecule has 96 valence electrons. The van der Waals surface area contributed by atoms with Gasteiger partial charge in [0.25, 0.3) is 0 Å². The van der Waals surface area contributed by atoms with Crippen LogP contribution in [-0.4, -0.2) is 18.1 Å². The van der Waals surface area contributed by atoms with Crippen LogP contribution in [0.1, 0.15) is 31.9 Å². The number of halogens is 1. The standard InChI is InChI=1S/C13H20FNOS/c1-3-17-8-4-7-16-13-9-11(14)5-6-12(13)10(2)15/h5-6,9-10H,3-4,7-8,15H2,1-2H3/t10-/m1/s1. The molecule has 0 spiro atoms. The van der Waals surface area contributed by atoms with Gasteiger partial charge in [-0.1, -0.05) is 13.0 Å². The third kappa shape index (κ3) is 4.96. The lowest BCUT2D eigenvalue weighted by atomic mass is 10.1. The summed E-state index contributed by atoms with van der Waals surface area (Å²) in [5, 5.41) is 0. The molecule has 1 atom stereocenters. The third-order valence-electron chi connectivity index (χ3n) is 2.36. The molecule has 2 N–H and O–H groups in total. The van der Waals surface area contributed by atoms with Crippen LogP contribution in [0.5, 0.6) is 5.75 Å². The summed E-state index contributed by atoms with van der Waals surface area (Å²) in [6, 6.07) is 4.37. The van der Waals surface area contributed by atoms with Crippen LogP contribution in [0.2, 0.25) is 0 Å². The Balaban J connectivity index is 2.53. The van der Waals surface area contributed by atoms with E-state index in [0.29, 0.717) is 12.4 Å². The minimum absolute atomic E-state index is 0.143. The van der Waals surface area contributed by atoms with Crippen molar-refractivity contribution in [3.05, 3.63) is 29.6 Å². The van der Waals surface area contributed by atoms with E-state index in [2.05, 4.69) is 6.92 Å². The Bertz CT molecular complexity index is 344. The Kier molecular flexibility index (Phi) is 6.37. The molecule has 1 aromatic carbocycles.